The number of halogens is 1. The minimum atomic E-state index is 0.764. The van der Waals surface area contributed by atoms with Crippen LogP contribution in [0.15, 0.2) is 53.3 Å². The van der Waals surface area contributed by atoms with Crippen molar-refractivity contribution in [1.82, 2.24) is 9.38 Å². The van der Waals surface area contributed by atoms with E-state index in [0.29, 0.717) is 0 Å². The van der Waals surface area contributed by atoms with E-state index < -0.39 is 0 Å². The van der Waals surface area contributed by atoms with Crippen LogP contribution in [0.3, 0.4) is 0 Å². The number of pyridine rings is 1. The third-order valence-electron chi connectivity index (χ3n) is 2.62. The van der Waals surface area contributed by atoms with E-state index in [1.807, 2.05) is 53.2 Å². The van der Waals surface area contributed by atoms with Crippen LogP contribution in [0.25, 0.3) is 16.9 Å². The zero-order valence-electron chi connectivity index (χ0n) is 8.97. The second-order valence-electron chi connectivity index (χ2n) is 3.86. The molecule has 0 saturated carbocycles. The first kappa shape index (κ1) is 10.4. The number of aromatic nitrogens is 2. The Morgan fingerprint density at radius 3 is 2.53 bits per heavy atom. The molecule has 0 spiro atoms. The second kappa shape index (κ2) is 3.89. The van der Waals surface area contributed by atoms with E-state index in [9.17, 15) is 0 Å². The number of nitrogen functional groups attached to an aromatic ring is 1. The van der Waals surface area contributed by atoms with Crippen LogP contribution in [0, 0.1) is 0 Å². The summed E-state index contributed by atoms with van der Waals surface area (Å²) in [7, 11) is 0. The first-order valence-corrected chi connectivity index (χ1v) is 6.02. The molecule has 0 aliphatic rings. The van der Waals surface area contributed by atoms with Gasteiger partial charge < -0.3 is 10.1 Å². The summed E-state index contributed by atoms with van der Waals surface area (Å²) >= 11 is 3.44. The third-order valence-corrected chi connectivity index (χ3v) is 3.09. The summed E-state index contributed by atoms with van der Waals surface area (Å²) in [5, 5.41) is 0. The lowest BCUT2D eigenvalue weighted by molar-refractivity contribution is 1.17. The highest BCUT2D eigenvalue weighted by molar-refractivity contribution is 9.10. The van der Waals surface area contributed by atoms with Gasteiger partial charge in [-0.05, 0) is 40.2 Å². The summed E-state index contributed by atoms with van der Waals surface area (Å²) < 4.78 is 3.03. The SMILES string of the molecule is Nc1ccc(-c2cn3cc(Br)ccc3n2)cc1. The van der Waals surface area contributed by atoms with Gasteiger partial charge in [0.1, 0.15) is 5.65 Å². The van der Waals surface area contributed by atoms with Gasteiger partial charge in [-0.3, -0.25) is 0 Å². The molecule has 0 amide bonds. The van der Waals surface area contributed by atoms with E-state index in [4.69, 9.17) is 5.73 Å². The highest BCUT2D eigenvalue weighted by Crippen LogP contribution is 2.21. The Kier molecular flexibility index (Phi) is 2.37. The van der Waals surface area contributed by atoms with Crippen LogP contribution in [0.5, 0.6) is 0 Å². The lowest BCUT2D eigenvalue weighted by Gasteiger charge is -1.96. The van der Waals surface area contributed by atoms with E-state index in [1.54, 1.807) is 0 Å². The molecule has 0 radical (unpaired) electrons. The summed E-state index contributed by atoms with van der Waals surface area (Å²) in [6.45, 7) is 0. The maximum Gasteiger partial charge on any atom is 0.137 e. The number of hydrogen-bond acceptors (Lipinski definition) is 2. The molecule has 2 aromatic heterocycles. The zero-order chi connectivity index (χ0) is 11.8. The van der Waals surface area contributed by atoms with Gasteiger partial charge in [0.15, 0.2) is 0 Å². The molecule has 4 heteroatoms. The van der Waals surface area contributed by atoms with Crippen molar-refractivity contribution in [3.05, 3.63) is 53.3 Å². The Hall–Kier alpha value is -1.81. The Morgan fingerprint density at radius 1 is 1.00 bits per heavy atom. The van der Waals surface area contributed by atoms with E-state index in [2.05, 4.69) is 20.9 Å². The van der Waals surface area contributed by atoms with Crippen molar-refractivity contribution in [2.24, 2.45) is 0 Å². The van der Waals surface area contributed by atoms with Crippen LogP contribution in [0.1, 0.15) is 0 Å². The number of anilines is 1. The fourth-order valence-corrected chi connectivity index (χ4v) is 2.11. The normalized spacial score (nSPS) is 10.9. The van der Waals surface area contributed by atoms with Gasteiger partial charge in [-0.1, -0.05) is 12.1 Å². The van der Waals surface area contributed by atoms with Crippen molar-refractivity contribution in [3.8, 4) is 11.3 Å². The predicted molar refractivity (Wildman–Crippen MR) is 72.7 cm³/mol. The van der Waals surface area contributed by atoms with Gasteiger partial charge in [0, 0.05) is 28.1 Å². The van der Waals surface area contributed by atoms with E-state index >= 15 is 0 Å². The Morgan fingerprint density at radius 2 is 1.76 bits per heavy atom. The zero-order valence-corrected chi connectivity index (χ0v) is 10.6. The van der Waals surface area contributed by atoms with Crippen molar-refractivity contribution in [2.75, 3.05) is 5.73 Å². The average Bonchev–Trinajstić information content (AvgIpc) is 2.72. The van der Waals surface area contributed by atoms with Crippen LogP contribution in [-0.4, -0.2) is 9.38 Å². The fraction of sp³-hybridized carbons (Fsp3) is 0. The highest BCUT2D eigenvalue weighted by Gasteiger charge is 2.04. The van der Waals surface area contributed by atoms with Gasteiger partial charge in [-0.25, -0.2) is 4.98 Å². The molecule has 0 fully saturated rings. The maximum absolute atomic E-state index is 5.67. The molecular formula is C13H10BrN3. The molecule has 17 heavy (non-hydrogen) atoms. The van der Waals surface area contributed by atoms with E-state index in [1.165, 1.54) is 0 Å². The van der Waals surface area contributed by atoms with Gasteiger partial charge in [0.2, 0.25) is 0 Å². The quantitative estimate of drug-likeness (QED) is 0.698. The van der Waals surface area contributed by atoms with E-state index in [-0.39, 0.29) is 0 Å². The van der Waals surface area contributed by atoms with Crippen molar-refractivity contribution < 1.29 is 0 Å². The predicted octanol–water partition coefficient (Wildman–Crippen LogP) is 3.35. The van der Waals surface area contributed by atoms with Gasteiger partial charge in [0.25, 0.3) is 0 Å². The van der Waals surface area contributed by atoms with Crippen molar-refractivity contribution in [2.45, 2.75) is 0 Å². The molecule has 3 rings (SSSR count). The molecule has 0 bridgehead atoms. The molecule has 1 aromatic carbocycles. The topological polar surface area (TPSA) is 43.3 Å². The number of fused-ring (bicyclic) bond motifs is 1. The van der Waals surface area contributed by atoms with Crippen LogP contribution in [0.4, 0.5) is 5.69 Å². The lowest BCUT2D eigenvalue weighted by Crippen LogP contribution is -1.83. The molecular weight excluding hydrogens is 278 g/mol. The second-order valence-corrected chi connectivity index (χ2v) is 4.78. The monoisotopic (exact) mass is 287 g/mol. The first-order valence-electron chi connectivity index (χ1n) is 5.22. The van der Waals surface area contributed by atoms with Crippen LogP contribution < -0.4 is 5.73 Å². The van der Waals surface area contributed by atoms with Crippen LogP contribution in [0.2, 0.25) is 0 Å². The number of nitrogens with two attached hydrogens (primary N) is 1. The van der Waals surface area contributed by atoms with Gasteiger partial charge in [-0.2, -0.15) is 0 Å². The molecule has 0 aliphatic heterocycles. The lowest BCUT2D eigenvalue weighted by atomic mass is 10.1. The Bertz CT molecular complexity index is 671. The van der Waals surface area contributed by atoms with Crippen LogP contribution >= 0.6 is 15.9 Å². The first-order chi connectivity index (χ1) is 8.22. The van der Waals surface area contributed by atoms with Gasteiger partial charge >= 0.3 is 0 Å². The minimum Gasteiger partial charge on any atom is -0.399 e. The summed E-state index contributed by atoms with van der Waals surface area (Å²) in [4.78, 5) is 4.56. The summed E-state index contributed by atoms with van der Waals surface area (Å²) in [6, 6.07) is 11.7. The molecule has 0 saturated heterocycles. The number of imidazole rings is 1. The van der Waals surface area contributed by atoms with Gasteiger partial charge in [-0.15, -0.1) is 0 Å². The molecule has 2 N–H and O–H groups in total. The molecule has 3 nitrogen and oxygen atoms in total. The van der Waals surface area contributed by atoms with E-state index in [0.717, 1.165) is 27.1 Å². The third kappa shape index (κ3) is 1.91. The fourth-order valence-electron chi connectivity index (χ4n) is 1.76. The highest BCUT2D eigenvalue weighted by atomic mass is 79.9. The van der Waals surface area contributed by atoms with Crippen molar-refractivity contribution >= 4 is 27.3 Å². The van der Waals surface area contributed by atoms with Crippen LogP contribution in [-0.2, 0) is 0 Å². The molecule has 0 unspecified atom stereocenters. The van der Waals surface area contributed by atoms with Crippen molar-refractivity contribution in [3.63, 3.8) is 0 Å². The smallest absolute Gasteiger partial charge is 0.137 e. The molecule has 2 heterocycles. The Balaban J connectivity index is 2.14. The number of nitrogens with zero attached hydrogens (tertiary/aromatic N) is 2. The number of hydrogen-bond donors (Lipinski definition) is 1. The average molecular weight is 288 g/mol. The molecule has 0 aliphatic carbocycles. The summed E-state index contributed by atoms with van der Waals surface area (Å²) in [5.74, 6) is 0. The maximum atomic E-state index is 5.67. The molecule has 84 valence electrons. The molecule has 3 aromatic rings. The Labute approximate surface area is 107 Å². The molecule has 0 atom stereocenters. The van der Waals surface area contributed by atoms with Gasteiger partial charge in [0.05, 0.1) is 5.69 Å². The summed E-state index contributed by atoms with van der Waals surface area (Å²) in [6.07, 6.45) is 3.99. The van der Waals surface area contributed by atoms with Crippen molar-refractivity contribution in [1.29, 1.82) is 0 Å². The minimum absolute atomic E-state index is 0.764. The summed E-state index contributed by atoms with van der Waals surface area (Å²) in [5.41, 5.74) is 9.38. The largest absolute Gasteiger partial charge is 0.399 e. The standard InChI is InChI=1S/C13H10BrN3/c14-10-3-6-13-16-12(8-17(13)7-10)9-1-4-11(15)5-2-9/h1-8H,15H2. The number of benzene rings is 1. The number of rotatable bonds is 1.